The second-order valence-corrected chi connectivity index (χ2v) is 8.08. The summed E-state index contributed by atoms with van der Waals surface area (Å²) in [7, 11) is 0. The molecule has 1 amide bonds. The second-order valence-electron chi connectivity index (χ2n) is 6.59. The van der Waals surface area contributed by atoms with Gasteiger partial charge in [0.15, 0.2) is 5.69 Å². The van der Waals surface area contributed by atoms with Crippen LogP contribution in [0.25, 0.3) is 0 Å². The minimum atomic E-state index is -4.66. The molecule has 28 heavy (non-hydrogen) atoms. The molecule has 152 valence electrons. The molecule has 0 fully saturated rings. The van der Waals surface area contributed by atoms with Gasteiger partial charge < -0.3 is 5.32 Å². The number of hydrogen-bond acceptors (Lipinski definition) is 3. The lowest BCUT2D eigenvalue weighted by atomic mass is 10.00. The summed E-state index contributed by atoms with van der Waals surface area (Å²) < 4.78 is 67.3. The fourth-order valence-corrected chi connectivity index (χ4v) is 4.32. The lowest BCUT2D eigenvalue weighted by Gasteiger charge is -2.26. The summed E-state index contributed by atoms with van der Waals surface area (Å²) in [4.78, 5) is 12.4. The van der Waals surface area contributed by atoms with Crippen molar-refractivity contribution >= 4 is 17.7 Å². The minimum Gasteiger partial charge on any atom is -0.322 e. The molecule has 2 atom stereocenters. The van der Waals surface area contributed by atoms with Gasteiger partial charge in [0.25, 0.3) is 5.91 Å². The first-order valence-electron chi connectivity index (χ1n) is 8.63. The third kappa shape index (κ3) is 3.74. The van der Waals surface area contributed by atoms with Crippen LogP contribution in [-0.2, 0) is 22.3 Å². The van der Waals surface area contributed by atoms with Gasteiger partial charge in [-0.25, -0.2) is 8.78 Å². The number of rotatable bonds is 4. The number of hydrogen-bond donors (Lipinski definition) is 1. The minimum absolute atomic E-state index is 0.0118. The number of allylic oxidation sites excluding steroid dienone is 5. The van der Waals surface area contributed by atoms with E-state index >= 15 is 0 Å². The Bertz CT molecular complexity index is 886. The molecule has 1 aromatic rings. The highest BCUT2D eigenvalue weighted by molar-refractivity contribution is 8.05. The Labute approximate surface area is 162 Å². The fraction of sp³-hybridized carbons (Fsp3) is 0.444. The Morgan fingerprint density at radius 3 is 2.79 bits per heavy atom. The smallest absolute Gasteiger partial charge is 0.322 e. The Morgan fingerprint density at radius 1 is 1.46 bits per heavy atom. The number of halogens is 5. The fourth-order valence-electron chi connectivity index (χ4n) is 3.08. The van der Waals surface area contributed by atoms with Gasteiger partial charge in [-0.15, -0.1) is 11.8 Å². The van der Waals surface area contributed by atoms with Gasteiger partial charge in [0.1, 0.15) is 12.0 Å². The van der Waals surface area contributed by atoms with Crippen LogP contribution in [0.3, 0.4) is 0 Å². The molecular formula is C18H18F5N3OS. The highest BCUT2D eigenvalue weighted by Crippen LogP contribution is 2.51. The van der Waals surface area contributed by atoms with Gasteiger partial charge in [-0.2, -0.15) is 18.3 Å². The zero-order valence-electron chi connectivity index (χ0n) is 15.1. The normalized spacial score (nSPS) is 25.2. The van der Waals surface area contributed by atoms with Crippen molar-refractivity contribution in [2.24, 2.45) is 0 Å². The van der Waals surface area contributed by atoms with E-state index in [4.69, 9.17) is 0 Å². The molecule has 1 N–H and O–H groups in total. The summed E-state index contributed by atoms with van der Waals surface area (Å²) >= 11 is 0.808. The molecule has 2 unspecified atom stereocenters. The maximum Gasteiger partial charge on any atom is 0.435 e. The van der Waals surface area contributed by atoms with Crippen LogP contribution < -0.4 is 5.32 Å². The molecular weight excluding hydrogens is 401 g/mol. The van der Waals surface area contributed by atoms with E-state index in [0.717, 1.165) is 28.6 Å². The quantitative estimate of drug-likeness (QED) is 0.717. The van der Waals surface area contributed by atoms with Crippen molar-refractivity contribution in [2.75, 3.05) is 0 Å². The maximum atomic E-state index is 14.8. The standard InChI is InChI=1S/C18H18F5N3OS/c1-3-26-15(9-14(25-26)18(21,22)23)17(2)13(20)8-12(28-17)16(27)24-11-7-5-4-6-10(11)19/h4,6,8-9,13H,3,5,7H2,1-2H3,(H,24,27). The number of aromatic nitrogens is 2. The van der Waals surface area contributed by atoms with Crippen molar-refractivity contribution in [3.63, 3.8) is 0 Å². The molecule has 0 bridgehead atoms. The summed E-state index contributed by atoms with van der Waals surface area (Å²) in [5.41, 5.74) is -0.974. The predicted octanol–water partition coefficient (Wildman–Crippen LogP) is 4.75. The molecule has 1 aromatic heterocycles. The number of carbonyl (C=O) groups excluding carboxylic acids is 1. The lowest BCUT2D eigenvalue weighted by molar-refractivity contribution is -0.141. The number of amides is 1. The maximum absolute atomic E-state index is 14.8. The Kier molecular flexibility index (Phi) is 5.44. The third-order valence-corrected chi connectivity index (χ3v) is 6.03. The van der Waals surface area contributed by atoms with Crippen molar-refractivity contribution < 1.29 is 26.7 Å². The van der Waals surface area contributed by atoms with E-state index in [1.54, 1.807) is 13.0 Å². The number of nitrogens with one attached hydrogen (secondary N) is 1. The molecule has 0 aromatic carbocycles. The highest BCUT2D eigenvalue weighted by atomic mass is 32.2. The van der Waals surface area contributed by atoms with Gasteiger partial charge in [0.05, 0.1) is 21.0 Å². The second kappa shape index (κ2) is 7.38. The van der Waals surface area contributed by atoms with Gasteiger partial charge in [-0.1, -0.05) is 6.08 Å². The number of thioether (sulfide) groups is 1. The molecule has 10 heteroatoms. The van der Waals surface area contributed by atoms with E-state index in [0.29, 0.717) is 12.8 Å². The van der Waals surface area contributed by atoms with Crippen LogP contribution in [0, 0.1) is 0 Å². The largest absolute Gasteiger partial charge is 0.435 e. The van der Waals surface area contributed by atoms with E-state index < -0.39 is 34.5 Å². The number of nitrogens with zero attached hydrogens (tertiary/aromatic N) is 2. The van der Waals surface area contributed by atoms with E-state index in [1.807, 2.05) is 0 Å². The van der Waals surface area contributed by atoms with Crippen molar-refractivity contribution in [3.05, 3.63) is 52.1 Å². The average molecular weight is 419 g/mol. The molecule has 1 aliphatic carbocycles. The monoisotopic (exact) mass is 419 g/mol. The average Bonchev–Trinajstić information content (AvgIpc) is 3.19. The van der Waals surface area contributed by atoms with Crippen molar-refractivity contribution in [1.29, 1.82) is 0 Å². The summed E-state index contributed by atoms with van der Waals surface area (Å²) in [6.07, 6.45) is -1.58. The molecule has 0 saturated carbocycles. The molecule has 0 saturated heterocycles. The summed E-state index contributed by atoms with van der Waals surface area (Å²) in [6.45, 7) is 3.13. The van der Waals surface area contributed by atoms with E-state index in [1.165, 1.54) is 13.0 Å². The van der Waals surface area contributed by atoms with Crippen LogP contribution in [0.1, 0.15) is 38.1 Å². The first kappa shape index (κ1) is 20.6. The van der Waals surface area contributed by atoms with Gasteiger partial charge in [-0.05, 0) is 44.9 Å². The first-order valence-corrected chi connectivity index (χ1v) is 9.45. The summed E-state index contributed by atoms with van der Waals surface area (Å²) in [5.74, 6) is -1.25. The van der Waals surface area contributed by atoms with Crippen LogP contribution in [0.5, 0.6) is 0 Å². The zero-order chi connectivity index (χ0) is 20.7. The van der Waals surface area contributed by atoms with E-state index in [-0.39, 0.29) is 22.8 Å². The number of aryl methyl sites for hydroxylation is 1. The van der Waals surface area contributed by atoms with Crippen molar-refractivity contribution in [2.45, 2.75) is 50.3 Å². The number of carbonyl (C=O) groups is 1. The van der Waals surface area contributed by atoms with E-state index in [2.05, 4.69) is 10.4 Å². The SMILES string of the molecule is CCn1nc(C(F)(F)F)cc1C1(C)SC(C(=O)NC2=C(F)C=CCC2)=CC1F. The lowest BCUT2D eigenvalue weighted by Crippen LogP contribution is -2.29. The zero-order valence-corrected chi connectivity index (χ0v) is 15.9. The molecule has 2 aliphatic rings. The van der Waals surface area contributed by atoms with Gasteiger partial charge in [0.2, 0.25) is 0 Å². The van der Waals surface area contributed by atoms with Gasteiger partial charge in [0, 0.05) is 6.54 Å². The molecule has 4 nitrogen and oxygen atoms in total. The van der Waals surface area contributed by atoms with Crippen LogP contribution in [0.15, 0.2) is 40.7 Å². The molecule has 3 rings (SSSR count). The Hall–Kier alpha value is -2.10. The first-order chi connectivity index (χ1) is 13.1. The predicted molar refractivity (Wildman–Crippen MR) is 95.5 cm³/mol. The topological polar surface area (TPSA) is 46.9 Å². The highest BCUT2D eigenvalue weighted by Gasteiger charge is 2.48. The summed E-state index contributed by atoms with van der Waals surface area (Å²) in [6, 6.07) is 0.811. The molecule has 0 radical (unpaired) electrons. The van der Waals surface area contributed by atoms with Crippen LogP contribution in [0.4, 0.5) is 22.0 Å². The Balaban J connectivity index is 1.85. The van der Waals surface area contributed by atoms with Crippen LogP contribution >= 0.6 is 11.8 Å². The third-order valence-electron chi connectivity index (χ3n) is 4.63. The van der Waals surface area contributed by atoms with Gasteiger partial charge in [-0.3, -0.25) is 9.48 Å². The van der Waals surface area contributed by atoms with Crippen molar-refractivity contribution in [3.8, 4) is 0 Å². The Morgan fingerprint density at radius 2 is 2.18 bits per heavy atom. The molecule has 2 heterocycles. The van der Waals surface area contributed by atoms with Crippen molar-refractivity contribution in [1.82, 2.24) is 15.1 Å². The molecule has 0 spiro atoms. The summed E-state index contributed by atoms with van der Waals surface area (Å²) in [5, 5.41) is 5.96. The van der Waals surface area contributed by atoms with Gasteiger partial charge >= 0.3 is 6.18 Å². The van der Waals surface area contributed by atoms with E-state index in [9.17, 15) is 26.7 Å². The van der Waals surface area contributed by atoms with Crippen LogP contribution in [-0.4, -0.2) is 21.9 Å². The molecule has 1 aliphatic heterocycles. The van der Waals surface area contributed by atoms with Crippen LogP contribution in [0.2, 0.25) is 0 Å². The number of alkyl halides is 4.